The van der Waals surface area contributed by atoms with Crippen LogP contribution in [0.25, 0.3) is 10.9 Å². The summed E-state index contributed by atoms with van der Waals surface area (Å²) in [5.74, 6) is 0.457. The van der Waals surface area contributed by atoms with E-state index in [1.807, 2.05) is 6.20 Å². The predicted molar refractivity (Wildman–Crippen MR) is 109 cm³/mol. The fraction of sp³-hybridized carbons (Fsp3) is 0.391. The summed E-state index contributed by atoms with van der Waals surface area (Å²) in [4.78, 5) is 8.34. The maximum absolute atomic E-state index is 3.31. The molecule has 0 bridgehead atoms. The van der Waals surface area contributed by atoms with Gasteiger partial charge < -0.3 is 14.8 Å². The normalized spacial score (nSPS) is 21.1. The molecule has 26 heavy (non-hydrogen) atoms. The molecule has 0 radical (unpaired) electrons. The van der Waals surface area contributed by atoms with Crippen LogP contribution < -0.4 is 4.90 Å². The van der Waals surface area contributed by atoms with E-state index in [-0.39, 0.29) is 0 Å². The summed E-state index contributed by atoms with van der Waals surface area (Å²) in [7, 11) is 2.25. The molecule has 1 aromatic heterocycles. The summed E-state index contributed by atoms with van der Waals surface area (Å²) in [5, 5.41) is 1.31. The van der Waals surface area contributed by atoms with Gasteiger partial charge in [0.2, 0.25) is 0 Å². The van der Waals surface area contributed by atoms with Crippen LogP contribution in [-0.4, -0.2) is 36.6 Å². The van der Waals surface area contributed by atoms with E-state index in [2.05, 4.69) is 64.3 Å². The quantitative estimate of drug-likeness (QED) is 0.725. The second-order valence-corrected chi connectivity index (χ2v) is 8.00. The average Bonchev–Trinajstić information content (AvgIpc) is 3.15. The van der Waals surface area contributed by atoms with Gasteiger partial charge in [0, 0.05) is 49.5 Å². The zero-order valence-corrected chi connectivity index (χ0v) is 15.5. The van der Waals surface area contributed by atoms with E-state index in [0.29, 0.717) is 5.92 Å². The molecular formula is C23H27N3. The maximum atomic E-state index is 3.31. The minimum atomic E-state index is 0.457. The van der Waals surface area contributed by atoms with Crippen LogP contribution in [-0.2, 0) is 6.54 Å². The second kappa shape index (κ2) is 6.48. The van der Waals surface area contributed by atoms with E-state index in [1.165, 1.54) is 65.6 Å². The first-order chi connectivity index (χ1) is 12.8. The van der Waals surface area contributed by atoms with Crippen molar-refractivity contribution in [1.82, 2.24) is 9.88 Å². The number of aromatic amines is 1. The minimum Gasteiger partial charge on any atom is -0.372 e. The Labute approximate surface area is 155 Å². The van der Waals surface area contributed by atoms with Gasteiger partial charge >= 0.3 is 0 Å². The number of H-pyrrole nitrogens is 1. The van der Waals surface area contributed by atoms with Gasteiger partial charge in [0.15, 0.2) is 0 Å². The van der Waals surface area contributed by atoms with Gasteiger partial charge in [0.1, 0.15) is 0 Å². The minimum absolute atomic E-state index is 0.457. The zero-order valence-electron chi connectivity index (χ0n) is 15.5. The van der Waals surface area contributed by atoms with E-state index < -0.39 is 0 Å². The lowest BCUT2D eigenvalue weighted by Crippen LogP contribution is -2.32. The summed E-state index contributed by atoms with van der Waals surface area (Å²) in [6.45, 7) is 4.57. The Morgan fingerprint density at radius 2 is 1.85 bits per heavy atom. The lowest BCUT2D eigenvalue weighted by atomic mass is 9.84. The van der Waals surface area contributed by atoms with Gasteiger partial charge in [-0.15, -0.1) is 0 Å². The molecule has 1 N–H and O–H groups in total. The van der Waals surface area contributed by atoms with Crippen LogP contribution in [0.1, 0.15) is 41.9 Å². The highest BCUT2D eigenvalue weighted by Gasteiger charge is 2.26. The van der Waals surface area contributed by atoms with E-state index >= 15 is 0 Å². The summed E-state index contributed by atoms with van der Waals surface area (Å²) >= 11 is 0. The molecule has 0 amide bonds. The molecule has 2 aromatic carbocycles. The predicted octanol–water partition coefficient (Wildman–Crippen LogP) is 4.74. The van der Waals surface area contributed by atoms with Crippen molar-refractivity contribution < 1.29 is 0 Å². The molecule has 0 saturated carbocycles. The number of piperidine rings is 1. The second-order valence-electron chi connectivity index (χ2n) is 8.00. The van der Waals surface area contributed by atoms with Gasteiger partial charge in [-0.05, 0) is 78.7 Å². The van der Waals surface area contributed by atoms with Gasteiger partial charge in [-0.3, -0.25) is 0 Å². The van der Waals surface area contributed by atoms with E-state index in [1.54, 1.807) is 0 Å². The van der Waals surface area contributed by atoms with E-state index in [4.69, 9.17) is 0 Å². The molecule has 3 heteroatoms. The molecule has 1 fully saturated rings. The maximum Gasteiger partial charge on any atom is 0.0454 e. The Kier molecular flexibility index (Phi) is 3.97. The Balaban J connectivity index is 1.52. The van der Waals surface area contributed by atoms with Gasteiger partial charge in [-0.1, -0.05) is 12.1 Å². The molecule has 3 nitrogen and oxygen atoms in total. The first-order valence-corrected chi connectivity index (χ1v) is 9.91. The number of nitrogens with one attached hydrogen (secondary N) is 1. The summed E-state index contributed by atoms with van der Waals surface area (Å²) in [6.07, 6.45) is 6.07. The molecule has 0 spiro atoms. The number of anilines is 1. The van der Waals surface area contributed by atoms with Crippen molar-refractivity contribution in [1.29, 1.82) is 0 Å². The molecule has 1 atom stereocenters. The molecule has 5 rings (SSSR count). The van der Waals surface area contributed by atoms with Gasteiger partial charge in [-0.2, -0.15) is 0 Å². The highest BCUT2D eigenvalue weighted by molar-refractivity contribution is 5.80. The highest BCUT2D eigenvalue weighted by Crippen LogP contribution is 2.36. The Morgan fingerprint density at radius 3 is 2.73 bits per heavy atom. The topological polar surface area (TPSA) is 22.3 Å². The van der Waals surface area contributed by atoms with E-state index in [0.717, 1.165) is 13.1 Å². The fourth-order valence-corrected chi connectivity index (χ4v) is 4.76. The van der Waals surface area contributed by atoms with Gasteiger partial charge in [-0.25, -0.2) is 0 Å². The number of nitrogens with zero attached hydrogens (tertiary/aromatic N) is 2. The monoisotopic (exact) mass is 345 g/mol. The van der Waals surface area contributed by atoms with Crippen LogP contribution in [0.15, 0.2) is 48.7 Å². The van der Waals surface area contributed by atoms with Crippen molar-refractivity contribution in [2.24, 2.45) is 0 Å². The lowest BCUT2D eigenvalue weighted by molar-refractivity contribution is 0.295. The van der Waals surface area contributed by atoms with Crippen molar-refractivity contribution in [2.45, 2.75) is 31.7 Å². The Hall–Kier alpha value is -2.26. The lowest BCUT2D eigenvalue weighted by Gasteiger charge is -2.35. The third-order valence-electron chi connectivity index (χ3n) is 6.14. The third kappa shape index (κ3) is 2.80. The third-order valence-corrected chi connectivity index (χ3v) is 6.14. The zero-order chi connectivity index (χ0) is 17.5. The molecule has 3 aromatic rings. The molecule has 2 aliphatic rings. The summed E-state index contributed by atoms with van der Waals surface area (Å²) < 4.78 is 0. The number of rotatable bonds is 2. The first-order valence-electron chi connectivity index (χ1n) is 9.91. The largest absolute Gasteiger partial charge is 0.372 e. The summed E-state index contributed by atoms with van der Waals surface area (Å²) in [5.41, 5.74) is 7.08. The molecule has 1 saturated heterocycles. The highest BCUT2D eigenvalue weighted by atomic mass is 15.1. The molecule has 3 heterocycles. The molecule has 1 unspecified atom stereocenters. The van der Waals surface area contributed by atoms with Crippen molar-refractivity contribution in [3.05, 3.63) is 65.4 Å². The summed E-state index contributed by atoms with van der Waals surface area (Å²) in [6, 6.07) is 16.3. The van der Waals surface area contributed by atoms with Crippen molar-refractivity contribution >= 4 is 16.6 Å². The van der Waals surface area contributed by atoms with Crippen molar-refractivity contribution in [3.63, 3.8) is 0 Å². The standard InChI is InChI=1S/C23H27N3/c1-25-15-19-14-20(26-11-3-2-4-12-26)6-7-21(19)22(16-25)17-5-8-23-18(13-17)9-10-24-23/h5-10,13-14,22,24H,2-4,11-12,15-16H2,1H3. The molecule has 0 aliphatic carbocycles. The average molecular weight is 345 g/mol. The molecule has 2 aliphatic heterocycles. The Bertz CT molecular complexity index is 920. The van der Waals surface area contributed by atoms with Crippen LogP contribution in [0.5, 0.6) is 0 Å². The Morgan fingerprint density at radius 1 is 0.962 bits per heavy atom. The molecular weight excluding hydrogens is 318 g/mol. The van der Waals surface area contributed by atoms with Crippen molar-refractivity contribution in [3.8, 4) is 0 Å². The van der Waals surface area contributed by atoms with Gasteiger partial charge in [0.05, 0.1) is 0 Å². The van der Waals surface area contributed by atoms with Crippen LogP contribution in [0.2, 0.25) is 0 Å². The fourth-order valence-electron chi connectivity index (χ4n) is 4.76. The number of hydrogen-bond acceptors (Lipinski definition) is 2. The van der Waals surface area contributed by atoms with Crippen LogP contribution >= 0.6 is 0 Å². The SMILES string of the molecule is CN1Cc2cc(N3CCCCC3)ccc2C(c2ccc3[nH]ccc3c2)C1. The number of hydrogen-bond donors (Lipinski definition) is 1. The van der Waals surface area contributed by atoms with Gasteiger partial charge in [0.25, 0.3) is 0 Å². The number of likely N-dealkylation sites (N-methyl/N-ethyl adjacent to an activating group) is 1. The van der Waals surface area contributed by atoms with Crippen LogP contribution in [0, 0.1) is 0 Å². The number of aromatic nitrogens is 1. The first kappa shape index (κ1) is 16.0. The van der Waals surface area contributed by atoms with Crippen molar-refractivity contribution in [2.75, 3.05) is 31.6 Å². The molecule has 134 valence electrons. The number of benzene rings is 2. The van der Waals surface area contributed by atoms with Crippen LogP contribution in [0.4, 0.5) is 5.69 Å². The number of fused-ring (bicyclic) bond motifs is 2. The van der Waals surface area contributed by atoms with Crippen LogP contribution in [0.3, 0.4) is 0 Å². The smallest absolute Gasteiger partial charge is 0.0454 e. The van der Waals surface area contributed by atoms with E-state index in [9.17, 15) is 0 Å².